The maximum atomic E-state index is 12.2. The lowest BCUT2D eigenvalue weighted by Crippen LogP contribution is -2.09. The van der Waals surface area contributed by atoms with Crippen molar-refractivity contribution < 1.29 is 0 Å². The molecule has 1 N–H and O–H groups in total. The summed E-state index contributed by atoms with van der Waals surface area (Å²) in [6.07, 6.45) is 1.78. The van der Waals surface area contributed by atoms with Gasteiger partial charge in [-0.1, -0.05) is 42.5 Å². The van der Waals surface area contributed by atoms with Crippen LogP contribution in [0.5, 0.6) is 0 Å². The average Bonchev–Trinajstić information content (AvgIpc) is 2.68. The molecule has 122 valence electrons. The minimum atomic E-state index is -0.136. The van der Waals surface area contributed by atoms with Crippen molar-refractivity contribution >= 4 is 22.5 Å². The zero-order chi connectivity index (χ0) is 17.2. The fourth-order valence-corrected chi connectivity index (χ4v) is 2.85. The van der Waals surface area contributed by atoms with Gasteiger partial charge in [-0.05, 0) is 23.8 Å². The van der Waals surface area contributed by atoms with E-state index < -0.39 is 0 Å². The van der Waals surface area contributed by atoms with E-state index in [0.717, 1.165) is 22.4 Å². The number of fused-ring (bicyclic) bond motifs is 1. The number of aromatic nitrogens is 3. The Labute approximate surface area is 149 Å². The Morgan fingerprint density at radius 3 is 2.40 bits per heavy atom. The topological polar surface area (TPSA) is 58.6 Å². The number of aromatic amines is 1. The second kappa shape index (κ2) is 6.49. The molecule has 5 heteroatoms. The van der Waals surface area contributed by atoms with Gasteiger partial charge in [-0.3, -0.25) is 9.78 Å². The summed E-state index contributed by atoms with van der Waals surface area (Å²) in [5.41, 5.74) is 4.25. The Bertz CT molecular complexity index is 1090. The number of pyridine rings is 1. The maximum absolute atomic E-state index is 12.2. The van der Waals surface area contributed by atoms with Gasteiger partial charge in [-0.15, -0.1) is 11.6 Å². The van der Waals surface area contributed by atoms with Gasteiger partial charge in [0.15, 0.2) is 0 Å². The normalized spacial score (nSPS) is 10.9. The van der Waals surface area contributed by atoms with Crippen LogP contribution in [0.15, 0.2) is 71.7 Å². The number of hydrogen-bond acceptors (Lipinski definition) is 3. The van der Waals surface area contributed by atoms with Crippen LogP contribution in [-0.2, 0) is 5.88 Å². The fraction of sp³-hybridized carbons (Fsp3) is 0.0500. The molecule has 0 aliphatic rings. The molecule has 0 spiro atoms. The molecule has 0 atom stereocenters. The van der Waals surface area contributed by atoms with E-state index in [4.69, 9.17) is 11.6 Å². The first-order chi connectivity index (χ1) is 12.2. The molecule has 0 saturated heterocycles. The zero-order valence-electron chi connectivity index (χ0n) is 13.2. The van der Waals surface area contributed by atoms with Gasteiger partial charge in [-0.25, -0.2) is 4.98 Å². The lowest BCUT2D eigenvalue weighted by Gasteiger charge is -2.05. The quantitative estimate of drug-likeness (QED) is 0.559. The van der Waals surface area contributed by atoms with E-state index >= 15 is 0 Å². The number of halogens is 1. The summed E-state index contributed by atoms with van der Waals surface area (Å²) < 4.78 is 0. The van der Waals surface area contributed by atoms with Crippen LogP contribution in [0.4, 0.5) is 0 Å². The highest BCUT2D eigenvalue weighted by Crippen LogP contribution is 2.22. The summed E-state index contributed by atoms with van der Waals surface area (Å²) >= 11 is 5.79. The van der Waals surface area contributed by atoms with Crippen molar-refractivity contribution in [2.75, 3.05) is 0 Å². The summed E-state index contributed by atoms with van der Waals surface area (Å²) in [5, 5.41) is 0.589. The van der Waals surface area contributed by atoms with E-state index in [1.807, 2.05) is 54.6 Å². The van der Waals surface area contributed by atoms with Crippen molar-refractivity contribution in [2.45, 2.75) is 5.88 Å². The molecule has 4 aromatic rings. The SMILES string of the molecule is O=c1[nH]c(-c2ccc(-c3ccc(CCl)cn3)cc2)nc2ccccc12. The van der Waals surface area contributed by atoms with Crippen LogP contribution in [0.1, 0.15) is 5.56 Å². The molecule has 0 aliphatic carbocycles. The molecule has 2 aromatic heterocycles. The molecule has 0 radical (unpaired) electrons. The standard InChI is InChI=1S/C20H14ClN3O/c21-11-13-5-10-17(22-12-13)14-6-8-15(9-7-14)19-23-18-4-2-1-3-16(18)20(25)24-19/h1-10,12H,11H2,(H,23,24,25). The number of benzene rings is 2. The van der Waals surface area contributed by atoms with Crippen molar-refractivity contribution in [3.8, 4) is 22.6 Å². The van der Waals surface area contributed by atoms with Crippen LogP contribution in [0, 0.1) is 0 Å². The Morgan fingerprint density at radius 1 is 0.920 bits per heavy atom. The molecule has 0 unspecified atom stereocenters. The third-order valence-electron chi connectivity index (χ3n) is 4.05. The van der Waals surface area contributed by atoms with Gasteiger partial charge in [0, 0.05) is 23.2 Å². The van der Waals surface area contributed by atoms with E-state index in [0.29, 0.717) is 22.6 Å². The largest absolute Gasteiger partial charge is 0.306 e. The second-order valence-electron chi connectivity index (χ2n) is 5.69. The van der Waals surface area contributed by atoms with E-state index in [2.05, 4.69) is 15.0 Å². The molecule has 25 heavy (non-hydrogen) atoms. The number of hydrogen-bond donors (Lipinski definition) is 1. The van der Waals surface area contributed by atoms with Crippen LogP contribution in [0.25, 0.3) is 33.5 Å². The van der Waals surface area contributed by atoms with Crippen molar-refractivity contribution in [2.24, 2.45) is 0 Å². The van der Waals surface area contributed by atoms with Crippen LogP contribution in [-0.4, -0.2) is 15.0 Å². The lowest BCUT2D eigenvalue weighted by molar-refractivity contribution is 1.18. The van der Waals surface area contributed by atoms with Crippen LogP contribution >= 0.6 is 11.6 Å². The summed E-state index contributed by atoms with van der Waals surface area (Å²) in [6.45, 7) is 0. The summed E-state index contributed by atoms with van der Waals surface area (Å²) in [5.74, 6) is 1.01. The summed E-state index contributed by atoms with van der Waals surface area (Å²) in [4.78, 5) is 24.0. The predicted molar refractivity (Wildman–Crippen MR) is 101 cm³/mol. The number of alkyl halides is 1. The first-order valence-electron chi connectivity index (χ1n) is 7.85. The third kappa shape index (κ3) is 3.04. The Kier molecular flexibility index (Phi) is 4.04. The monoisotopic (exact) mass is 347 g/mol. The molecule has 0 amide bonds. The summed E-state index contributed by atoms with van der Waals surface area (Å²) in [6, 6.07) is 19.0. The van der Waals surface area contributed by atoms with Gasteiger partial charge in [0.2, 0.25) is 0 Å². The lowest BCUT2D eigenvalue weighted by atomic mass is 10.1. The van der Waals surface area contributed by atoms with Gasteiger partial charge in [0.1, 0.15) is 5.82 Å². The highest BCUT2D eigenvalue weighted by Gasteiger charge is 2.06. The maximum Gasteiger partial charge on any atom is 0.259 e. The van der Waals surface area contributed by atoms with Gasteiger partial charge in [0.25, 0.3) is 5.56 Å². The molecule has 4 nitrogen and oxygen atoms in total. The molecule has 0 bridgehead atoms. The minimum absolute atomic E-state index is 0.136. The Hall–Kier alpha value is -2.98. The number of nitrogens with zero attached hydrogens (tertiary/aromatic N) is 2. The molecule has 2 heterocycles. The molecular weight excluding hydrogens is 334 g/mol. The van der Waals surface area contributed by atoms with Crippen molar-refractivity contribution in [3.63, 3.8) is 0 Å². The van der Waals surface area contributed by atoms with E-state index in [-0.39, 0.29) is 5.56 Å². The third-order valence-corrected chi connectivity index (χ3v) is 4.35. The van der Waals surface area contributed by atoms with Crippen molar-refractivity contribution in [3.05, 3.63) is 82.8 Å². The molecule has 0 aliphatic heterocycles. The van der Waals surface area contributed by atoms with Gasteiger partial charge in [0.05, 0.1) is 16.6 Å². The van der Waals surface area contributed by atoms with Crippen LogP contribution < -0.4 is 5.56 Å². The smallest absolute Gasteiger partial charge is 0.259 e. The van der Waals surface area contributed by atoms with Gasteiger partial charge < -0.3 is 4.98 Å². The van der Waals surface area contributed by atoms with Gasteiger partial charge in [-0.2, -0.15) is 0 Å². The molecule has 4 rings (SSSR count). The molecule has 0 saturated carbocycles. The van der Waals surface area contributed by atoms with Crippen molar-refractivity contribution in [1.82, 2.24) is 15.0 Å². The Balaban J connectivity index is 1.71. The molecule has 2 aromatic carbocycles. The number of rotatable bonds is 3. The highest BCUT2D eigenvalue weighted by atomic mass is 35.5. The Morgan fingerprint density at radius 2 is 1.68 bits per heavy atom. The predicted octanol–water partition coefficient (Wildman–Crippen LogP) is 4.39. The van der Waals surface area contributed by atoms with E-state index in [1.54, 1.807) is 12.3 Å². The zero-order valence-corrected chi connectivity index (χ0v) is 14.0. The first-order valence-corrected chi connectivity index (χ1v) is 8.39. The van der Waals surface area contributed by atoms with E-state index in [9.17, 15) is 4.79 Å². The van der Waals surface area contributed by atoms with Crippen LogP contribution in [0.2, 0.25) is 0 Å². The number of H-pyrrole nitrogens is 1. The van der Waals surface area contributed by atoms with Crippen molar-refractivity contribution in [1.29, 1.82) is 0 Å². The number of nitrogens with one attached hydrogen (secondary N) is 1. The fourth-order valence-electron chi connectivity index (χ4n) is 2.70. The average molecular weight is 348 g/mol. The minimum Gasteiger partial charge on any atom is -0.306 e. The van der Waals surface area contributed by atoms with Gasteiger partial charge >= 0.3 is 0 Å². The van der Waals surface area contributed by atoms with E-state index in [1.165, 1.54) is 0 Å². The highest BCUT2D eigenvalue weighted by molar-refractivity contribution is 6.17. The second-order valence-corrected chi connectivity index (χ2v) is 5.96. The molecular formula is C20H14ClN3O. The first kappa shape index (κ1) is 15.5. The number of para-hydroxylation sites is 1. The summed E-state index contributed by atoms with van der Waals surface area (Å²) in [7, 11) is 0. The molecule has 0 fully saturated rings. The van der Waals surface area contributed by atoms with Crippen LogP contribution in [0.3, 0.4) is 0 Å².